The maximum absolute atomic E-state index is 13.3. The highest BCUT2D eigenvalue weighted by Crippen LogP contribution is 2.36. The Labute approximate surface area is 166 Å². The topological polar surface area (TPSA) is 69.6 Å². The average molecular weight is 422 g/mol. The van der Waals surface area contributed by atoms with Crippen LogP contribution in [0, 0.1) is 0 Å². The molecule has 10 heteroatoms. The standard InChI is InChI=1S/C18H11ClF3N5S/c19-11-7-5-10(6-8-11)13-9-28-17(24-13)15-16(23)27(26-25-15)14-4-2-1-3-12(14)18(20,21)22/h1-9H,23H2. The molecular formula is C18H11ClF3N5S. The molecule has 2 aromatic carbocycles. The van der Waals surface area contributed by atoms with Crippen molar-refractivity contribution in [2.75, 3.05) is 5.73 Å². The van der Waals surface area contributed by atoms with E-state index in [9.17, 15) is 13.2 Å². The van der Waals surface area contributed by atoms with E-state index in [2.05, 4.69) is 15.3 Å². The smallest absolute Gasteiger partial charge is 0.382 e. The fourth-order valence-electron chi connectivity index (χ4n) is 2.65. The second kappa shape index (κ2) is 6.92. The summed E-state index contributed by atoms with van der Waals surface area (Å²) in [4.78, 5) is 4.48. The van der Waals surface area contributed by atoms with Crippen molar-refractivity contribution in [3.8, 4) is 27.6 Å². The van der Waals surface area contributed by atoms with Crippen molar-refractivity contribution in [2.24, 2.45) is 0 Å². The number of anilines is 1. The fourth-order valence-corrected chi connectivity index (χ4v) is 3.60. The zero-order valence-electron chi connectivity index (χ0n) is 14.0. The van der Waals surface area contributed by atoms with Crippen LogP contribution in [0.1, 0.15) is 5.56 Å². The van der Waals surface area contributed by atoms with Gasteiger partial charge in [-0.2, -0.15) is 17.9 Å². The first-order valence-corrected chi connectivity index (χ1v) is 9.20. The summed E-state index contributed by atoms with van der Waals surface area (Å²) in [7, 11) is 0. The van der Waals surface area contributed by atoms with Crippen molar-refractivity contribution in [2.45, 2.75) is 6.18 Å². The molecule has 0 saturated carbocycles. The van der Waals surface area contributed by atoms with Gasteiger partial charge in [-0.25, -0.2) is 4.98 Å². The third-order valence-electron chi connectivity index (χ3n) is 3.99. The summed E-state index contributed by atoms with van der Waals surface area (Å²) in [5, 5.41) is 10.6. The SMILES string of the molecule is Nc1c(-c2nc(-c3ccc(Cl)cc3)cs2)nnn1-c1ccccc1C(F)(F)F. The lowest BCUT2D eigenvalue weighted by Gasteiger charge is -2.12. The van der Waals surface area contributed by atoms with Crippen LogP contribution >= 0.6 is 22.9 Å². The van der Waals surface area contributed by atoms with Crippen molar-refractivity contribution >= 4 is 28.8 Å². The largest absolute Gasteiger partial charge is 0.418 e. The summed E-state index contributed by atoms with van der Waals surface area (Å²) >= 11 is 7.16. The number of aromatic nitrogens is 4. The molecule has 2 N–H and O–H groups in total. The lowest BCUT2D eigenvalue weighted by Crippen LogP contribution is -2.12. The number of benzene rings is 2. The second-order valence-electron chi connectivity index (χ2n) is 5.79. The molecule has 5 nitrogen and oxygen atoms in total. The molecule has 4 rings (SSSR count). The number of nitrogen functional groups attached to an aromatic ring is 1. The number of thiazole rings is 1. The predicted molar refractivity (Wildman–Crippen MR) is 102 cm³/mol. The van der Waals surface area contributed by atoms with Crippen LogP contribution in [0.5, 0.6) is 0 Å². The van der Waals surface area contributed by atoms with Gasteiger partial charge in [0.15, 0.2) is 11.5 Å². The first kappa shape index (κ1) is 18.5. The number of nitrogens with two attached hydrogens (primary N) is 1. The average Bonchev–Trinajstić information content (AvgIpc) is 3.28. The molecule has 0 fully saturated rings. The van der Waals surface area contributed by atoms with Gasteiger partial charge in [0, 0.05) is 16.0 Å². The molecule has 0 atom stereocenters. The van der Waals surface area contributed by atoms with Crippen molar-refractivity contribution in [3.63, 3.8) is 0 Å². The van der Waals surface area contributed by atoms with Gasteiger partial charge in [0.2, 0.25) is 0 Å². The normalized spacial score (nSPS) is 11.7. The number of rotatable bonds is 3. The van der Waals surface area contributed by atoms with Crippen LogP contribution in [0.2, 0.25) is 5.02 Å². The molecule has 142 valence electrons. The summed E-state index contributed by atoms with van der Waals surface area (Å²) in [6.07, 6.45) is -4.54. The maximum atomic E-state index is 13.3. The highest BCUT2D eigenvalue weighted by Gasteiger charge is 2.34. The first-order valence-electron chi connectivity index (χ1n) is 7.94. The van der Waals surface area contributed by atoms with Crippen LogP contribution in [0.25, 0.3) is 27.6 Å². The van der Waals surface area contributed by atoms with Crippen molar-refractivity contribution in [1.82, 2.24) is 20.0 Å². The van der Waals surface area contributed by atoms with E-state index in [0.29, 0.717) is 15.7 Å². The lowest BCUT2D eigenvalue weighted by molar-refractivity contribution is -0.137. The minimum absolute atomic E-state index is 0.0197. The van der Waals surface area contributed by atoms with Crippen LogP contribution in [-0.4, -0.2) is 20.0 Å². The first-order chi connectivity index (χ1) is 13.3. The summed E-state index contributed by atoms with van der Waals surface area (Å²) in [5.74, 6) is -0.0197. The molecule has 2 heterocycles. The molecule has 0 amide bonds. The van der Waals surface area contributed by atoms with Crippen LogP contribution in [0.4, 0.5) is 19.0 Å². The third-order valence-corrected chi connectivity index (χ3v) is 5.09. The van der Waals surface area contributed by atoms with Crippen molar-refractivity contribution in [1.29, 1.82) is 0 Å². The molecule has 0 aliphatic carbocycles. The van der Waals surface area contributed by atoms with Gasteiger partial charge in [0.1, 0.15) is 5.01 Å². The van der Waals surface area contributed by atoms with E-state index in [0.717, 1.165) is 16.3 Å². The Morgan fingerprint density at radius 3 is 2.46 bits per heavy atom. The minimum Gasteiger partial charge on any atom is -0.382 e. The van der Waals surface area contributed by atoms with Gasteiger partial charge in [0.25, 0.3) is 0 Å². The molecule has 0 unspecified atom stereocenters. The van der Waals surface area contributed by atoms with Gasteiger partial charge < -0.3 is 5.73 Å². The van der Waals surface area contributed by atoms with Crippen LogP contribution in [-0.2, 0) is 6.18 Å². The van der Waals surface area contributed by atoms with Gasteiger partial charge >= 0.3 is 6.18 Å². The summed E-state index contributed by atoms with van der Waals surface area (Å²) in [5.41, 5.74) is 6.78. The van der Waals surface area contributed by atoms with Gasteiger partial charge in [-0.3, -0.25) is 0 Å². The predicted octanol–water partition coefficient (Wildman–Crippen LogP) is 5.31. The summed E-state index contributed by atoms with van der Waals surface area (Å²) in [6, 6.07) is 12.2. The Morgan fingerprint density at radius 1 is 1.04 bits per heavy atom. The summed E-state index contributed by atoms with van der Waals surface area (Å²) in [6.45, 7) is 0. The monoisotopic (exact) mass is 421 g/mol. The van der Waals surface area contributed by atoms with E-state index in [4.69, 9.17) is 17.3 Å². The van der Waals surface area contributed by atoms with Crippen molar-refractivity contribution in [3.05, 3.63) is 64.5 Å². The number of nitrogens with zero attached hydrogens (tertiary/aromatic N) is 4. The molecule has 0 radical (unpaired) electrons. The molecule has 4 aromatic rings. The molecule has 28 heavy (non-hydrogen) atoms. The van der Waals surface area contributed by atoms with E-state index in [1.807, 2.05) is 12.1 Å². The Hall–Kier alpha value is -2.91. The van der Waals surface area contributed by atoms with E-state index < -0.39 is 11.7 Å². The van der Waals surface area contributed by atoms with Gasteiger partial charge in [-0.1, -0.05) is 41.1 Å². The van der Waals surface area contributed by atoms with Gasteiger partial charge in [-0.15, -0.1) is 16.4 Å². The second-order valence-corrected chi connectivity index (χ2v) is 7.09. The summed E-state index contributed by atoms with van der Waals surface area (Å²) < 4.78 is 40.9. The molecule has 2 aromatic heterocycles. The minimum atomic E-state index is -4.54. The molecule has 0 aliphatic rings. The zero-order valence-corrected chi connectivity index (χ0v) is 15.6. The van der Waals surface area contributed by atoms with E-state index >= 15 is 0 Å². The Bertz CT molecular complexity index is 1130. The quantitative estimate of drug-likeness (QED) is 0.486. The third kappa shape index (κ3) is 3.34. The van der Waals surface area contributed by atoms with Crippen molar-refractivity contribution < 1.29 is 13.2 Å². The lowest BCUT2D eigenvalue weighted by atomic mass is 10.1. The van der Waals surface area contributed by atoms with Gasteiger partial charge in [-0.05, 0) is 24.3 Å². The fraction of sp³-hybridized carbons (Fsp3) is 0.0556. The number of halogens is 4. The molecule has 0 bridgehead atoms. The van der Waals surface area contributed by atoms with Crippen LogP contribution in [0.3, 0.4) is 0 Å². The Kier molecular flexibility index (Phi) is 4.56. The number of hydrogen-bond donors (Lipinski definition) is 1. The number of para-hydroxylation sites is 1. The Morgan fingerprint density at radius 2 is 1.75 bits per heavy atom. The zero-order chi connectivity index (χ0) is 19.9. The maximum Gasteiger partial charge on any atom is 0.418 e. The van der Waals surface area contributed by atoms with E-state index in [1.165, 1.54) is 29.5 Å². The number of alkyl halides is 3. The van der Waals surface area contributed by atoms with Gasteiger partial charge in [0.05, 0.1) is 16.9 Å². The highest BCUT2D eigenvalue weighted by molar-refractivity contribution is 7.13. The highest BCUT2D eigenvalue weighted by atomic mass is 35.5. The van der Waals surface area contributed by atoms with Crippen LogP contribution in [0.15, 0.2) is 53.9 Å². The Balaban J connectivity index is 1.74. The van der Waals surface area contributed by atoms with Crippen LogP contribution < -0.4 is 5.73 Å². The molecule has 0 spiro atoms. The van der Waals surface area contributed by atoms with E-state index in [-0.39, 0.29) is 17.2 Å². The molecular weight excluding hydrogens is 411 g/mol. The molecule has 0 aliphatic heterocycles. The van der Waals surface area contributed by atoms with E-state index in [1.54, 1.807) is 17.5 Å². The number of hydrogen-bond acceptors (Lipinski definition) is 5. The molecule has 0 saturated heterocycles.